The molecule has 0 aromatic heterocycles. The Bertz CT molecular complexity index is 453. The highest BCUT2D eigenvalue weighted by atomic mass is 16.3. The number of hydrogen-bond donors (Lipinski definition) is 1. The van der Waals surface area contributed by atoms with Crippen molar-refractivity contribution in [3.63, 3.8) is 0 Å². The van der Waals surface area contributed by atoms with Crippen molar-refractivity contribution in [3.05, 3.63) is 11.6 Å². The lowest BCUT2D eigenvalue weighted by molar-refractivity contribution is -0.116. The Hall–Kier alpha value is -0.300. The summed E-state index contributed by atoms with van der Waals surface area (Å²) in [5.41, 5.74) is 1.87. The Labute approximate surface area is 123 Å². The van der Waals surface area contributed by atoms with Crippen LogP contribution in [0.15, 0.2) is 11.6 Å². The van der Waals surface area contributed by atoms with E-state index in [1.807, 2.05) is 0 Å². The van der Waals surface area contributed by atoms with Crippen LogP contribution in [-0.4, -0.2) is 10.7 Å². The van der Waals surface area contributed by atoms with Gasteiger partial charge in [-0.1, -0.05) is 38.3 Å². The Morgan fingerprint density at radius 1 is 1.00 bits per heavy atom. The average Bonchev–Trinajstić information content (AvgIpc) is 2.74. The molecule has 1 N–H and O–H groups in total. The van der Waals surface area contributed by atoms with Gasteiger partial charge in [0, 0.05) is 11.3 Å². The summed E-state index contributed by atoms with van der Waals surface area (Å²) in [6, 6.07) is 0. The molecule has 3 fully saturated rings. The van der Waals surface area contributed by atoms with E-state index in [0.29, 0.717) is 11.3 Å². The summed E-state index contributed by atoms with van der Waals surface area (Å²) >= 11 is 0. The second-order valence-corrected chi connectivity index (χ2v) is 8.69. The predicted molar refractivity (Wildman–Crippen MR) is 82.4 cm³/mol. The predicted octanol–water partition coefficient (Wildman–Crippen LogP) is 4.84. The molecule has 0 aromatic carbocycles. The van der Waals surface area contributed by atoms with Crippen LogP contribution in [0.25, 0.3) is 0 Å². The largest absolute Gasteiger partial charge is 0.389 e. The summed E-state index contributed by atoms with van der Waals surface area (Å²) < 4.78 is 0. The van der Waals surface area contributed by atoms with E-state index < -0.39 is 0 Å². The molecule has 4 aliphatic rings. The summed E-state index contributed by atoms with van der Waals surface area (Å²) in [5, 5.41) is 11.5. The molecular weight excluding hydrogens is 244 g/mol. The fourth-order valence-electron chi connectivity index (χ4n) is 6.52. The number of rotatable bonds is 0. The molecule has 0 amide bonds. The zero-order valence-corrected chi connectivity index (χ0v) is 13.3. The molecule has 0 saturated heterocycles. The quantitative estimate of drug-likeness (QED) is 0.626. The third-order valence-electron chi connectivity index (χ3n) is 7.92. The van der Waals surface area contributed by atoms with Crippen LogP contribution in [0.5, 0.6) is 0 Å². The molecule has 0 aliphatic heterocycles. The molecule has 0 spiro atoms. The number of hydrogen-bond acceptors (Lipinski definition) is 1. The molecule has 112 valence electrons. The van der Waals surface area contributed by atoms with Gasteiger partial charge in [0.25, 0.3) is 0 Å². The molecular formula is C19H30O. The minimum atomic E-state index is -0.386. The molecule has 1 nitrogen and oxygen atoms in total. The van der Waals surface area contributed by atoms with E-state index in [9.17, 15) is 5.11 Å². The van der Waals surface area contributed by atoms with Crippen molar-refractivity contribution in [2.45, 2.75) is 83.7 Å². The lowest BCUT2D eigenvalue weighted by Crippen LogP contribution is -2.56. The summed E-state index contributed by atoms with van der Waals surface area (Å²) in [5.74, 6) is 1.37. The fraction of sp³-hybridized carbons (Fsp3) is 0.895. The minimum Gasteiger partial charge on any atom is -0.389 e. The smallest absolute Gasteiger partial charge is 0.0769 e. The summed E-state index contributed by atoms with van der Waals surface area (Å²) in [7, 11) is 0. The molecule has 3 saturated carbocycles. The van der Waals surface area contributed by atoms with E-state index in [1.165, 1.54) is 51.4 Å². The van der Waals surface area contributed by atoms with Gasteiger partial charge in [0.05, 0.1) is 5.60 Å². The van der Waals surface area contributed by atoms with Crippen molar-refractivity contribution in [1.82, 2.24) is 0 Å². The minimum absolute atomic E-state index is 0.166. The first-order chi connectivity index (χ1) is 9.50. The number of fused-ring (bicyclic) bond motifs is 5. The van der Waals surface area contributed by atoms with E-state index in [2.05, 4.69) is 19.9 Å². The molecule has 0 bridgehead atoms. The fourth-order valence-corrected chi connectivity index (χ4v) is 6.52. The molecule has 1 heteroatoms. The van der Waals surface area contributed by atoms with Crippen molar-refractivity contribution >= 4 is 0 Å². The topological polar surface area (TPSA) is 20.2 Å². The zero-order chi connectivity index (χ0) is 14.0. The molecule has 4 aliphatic carbocycles. The van der Waals surface area contributed by atoms with Crippen LogP contribution < -0.4 is 0 Å². The molecule has 5 atom stereocenters. The van der Waals surface area contributed by atoms with E-state index in [0.717, 1.165) is 18.8 Å². The van der Waals surface area contributed by atoms with Crippen molar-refractivity contribution in [2.75, 3.05) is 0 Å². The van der Waals surface area contributed by atoms with Crippen LogP contribution in [-0.2, 0) is 0 Å². The van der Waals surface area contributed by atoms with Gasteiger partial charge in [-0.3, -0.25) is 0 Å². The Kier molecular flexibility index (Phi) is 2.76. The maximum Gasteiger partial charge on any atom is 0.0769 e. The van der Waals surface area contributed by atoms with Crippen molar-refractivity contribution < 1.29 is 5.11 Å². The van der Waals surface area contributed by atoms with Gasteiger partial charge in [0.2, 0.25) is 0 Å². The van der Waals surface area contributed by atoms with Crippen LogP contribution in [0.4, 0.5) is 0 Å². The maximum absolute atomic E-state index is 11.5. The summed E-state index contributed by atoms with van der Waals surface area (Å²) in [6.07, 6.45) is 15.4. The van der Waals surface area contributed by atoms with E-state index in [-0.39, 0.29) is 11.0 Å². The average molecular weight is 274 g/mol. The van der Waals surface area contributed by atoms with Crippen molar-refractivity contribution in [2.24, 2.45) is 22.7 Å². The molecule has 20 heavy (non-hydrogen) atoms. The number of aliphatic hydroxyl groups is 1. The van der Waals surface area contributed by atoms with E-state index in [1.54, 1.807) is 5.57 Å². The highest BCUT2D eigenvalue weighted by molar-refractivity contribution is 5.32. The monoisotopic (exact) mass is 274 g/mol. The molecule has 4 rings (SSSR count). The molecule has 1 unspecified atom stereocenters. The van der Waals surface area contributed by atoms with Crippen LogP contribution in [0, 0.1) is 22.7 Å². The Morgan fingerprint density at radius 2 is 1.85 bits per heavy atom. The first kappa shape index (κ1) is 13.4. The Balaban J connectivity index is 1.77. The second kappa shape index (κ2) is 4.12. The van der Waals surface area contributed by atoms with Gasteiger partial charge in [0.15, 0.2) is 0 Å². The third kappa shape index (κ3) is 1.48. The molecule has 0 radical (unpaired) electrons. The first-order valence-electron chi connectivity index (χ1n) is 8.93. The van der Waals surface area contributed by atoms with Gasteiger partial charge in [0.1, 0.15) is 0 Å². The lowest BCUT2D eigenvalue weighted by Gasteiger charge is -2.58. The standard InChI is InChI=1S/C19H30O/c1-17-10-5-12-19(17,20)16-8-7-14-6-3-4-11-18(14,2)15(16)9-13-17/h9,14,16,20H,3-8,10-13H2,1-2H3/t14?,16-,17+,18+,19+/m1/s1. The highest BCUT2D eigenvalue weighted by Crippen LogP contribution is 2.65. The SMILES string of the molecule is C[C@]12CC=C3[C@@H](CCC4CCCC[C@]34C)[C@@]1(O)CCC2. The van der Waals surface area contributed by atoms with Gasteiger partial charge in [-0.2, -0.15) is 0 Å². The van der Waals surface area contributed by atoms with Crippen LogP contribution in [0.2, 0.25) is 0 Å². The second-order valence-electron chi connectivity index (χ2n) is 8.69. The lowest BCUT2D eigenvalue weighted by atomic mass is 9.48. The highest BCUT2D eigenvalue weighted by Gasteiger charge is 2.61. The molecule has 0 aromatic rings. The Morgan fingerprint density at radius 3 is 2.70 bits per heavy atom. The van der Waals surface area contributed by atoms with Crippen LogP contribution >= 0.6 is 0 Å². The summed E-state index contributed by atoms with van der Waals surface area (Å²) in [6.45, 7) is 4.87. The van der Waals surface area contributed by atoms with E-state index >= 15 is 0 Å². The van der Waals surface area contributed by atoms with Gasteiger partial charge in [-0.05, 0) is 62.7 Å². The molecule has 0 heterocycles. The summed E-state index contributed by atoms with van der Waals surface area (Å²) in [4.78, 5) is 0. The van der Waals surface area contributed by atoms with Crippen LogP contribution in [0.3, 0.4) is 0 Å². The first-order valence-corrected chi connectivity index (χ1v) is 8.93. The third-order valence-corrected chi connectivity index (χ3v) is 7.92. The van der Waals surface area contributed by atoms with Crippen LogP contribution in [0.1, 0.15) is 78.1 Å². The van der Waals surface area contributed by atoms with Crippen molar-refractivity contribution in [1.29, 1.82) is 0 Å². The van der Waals surface area contributed by atoms with Gasteiger partial charge >= 0.3 is 0 Å². The van der Waals surface area contributed by atoms with Gasteiger partial charge in [-0.25, -0.2) is 0 Å². The maximum atomic E-state index is 11.5. The zero-order valence-electron chi connectivity index (χ0n) is 13.3. The van der Waals surface area contributed by atoms with Gasteiger partial charge < -0.3 is 5.11 Å². The van der Waals surface area contributed by atoms with E-state index in [4.69, 9.17) is 0 Å². The number of allylic oxidation sites excluding steroid dienone is 1. The van der Waals surface area contributed by atoms with Crippen molar-refractivity contribution in [3.8, 4) is 0 Å². The normalized spacial score (nSPS) is 54.6. The van der Waals surface area contributed by atoms with Gasteiger partial charge in [-0.15, -0.1) is 0 Å².